The molecular formula is C9H13BrN2O2S2. The Morgan fingerprint density at radius 3 is 2.88 bits per heavy atom. The topological polar surface area (TPSA) is 49.4 Å². The van der Waals surface area contributed by atoms with Crippen LogP contribution in [-0.2, 0) is 10.0 Å². The van der Waals surface area contributed by atoms with E-state index in [2.05, 4.69) is 25.6 Å². The van der Waals surface area contributed by atoms with Gasteiger partial charge in [0.05, 0.1) is 0 Å². The molecule has 1 fully saturated rings. The number of hydrogen-bond acceptors (Lipinski definition) is 4. The first-order chi connectivity index (χ1) is 7.49. The Kier molecular flexibility index (Phi) is 3.70. The summed E-state index contributed by atoms with van der Waals surface area (Å²) in [6.45, 7) is 1.72. The Hall–Kier alpha value is 0.0500. The molecule has 0 saturated carbocycles. The number of nitrogens with one attached hydrogen (secondary N) is 1. The first kappa shape index (κ1) is 12.5. The quantitative estimate of drug-likeness (QED) is 0.916. The van der Waals surface area contributed by atoms with Crippen molar-refractivity contribution in [1.82, 2.24) is 9.62 Å². The van der Waals surface area contributed by atoms with Gasteiger partial charge < -0.3 is 4.90 Å². The lowest BCUT2D eigenvalue weighted by Gasteiger charge is -2.12. The van der Waals surface area contributed by atoms with Gasteiger partial charge in [0.2, 0.25) is 0 Å². The molecule has 90 valence electrons. The van der Waals surface area contributed by atoms with E-state index in [-0.39, 0.29) is 6.04 Å². The van der Waals surface area contributed by atoms with Gasteiger partial charge in [-0.2, -0.15) is 0 Å². The van der Waals surface area contributed by atoms with Gasteiger partial charge in [0, 0.05) is 17.1 Å². The molecule has 1 atom stereocenters. The number of likely N-dealkylation sites (N-methyl/N-ethyl adjacent to an activating group) is 1. The lowest BCUT2D eigenvalue weighted by Crippen LogP contribution is -2.36. The van der Waals surface area contributed by atoms with Gasteiger partial charge in [-0.3, -0.25) is 0 Å². The highest BCUT2D eigenvalue weighted by molar-refractivity contribution is 9.10. The Morgan fingerprint density at radius 1 is 1.62 bits per heavy atom. The van der Waals surface area contributed by atoms with Crippen molar-refractivity contribution in [2.24, 2.45) is 0 Å². The van der Waals surface area contributed by atoms with Gasteiger partial charge in [-0.25, -0.2) is 13.1 Å². The van der Waals surface area contributed by atoms with Crippen LogP contribution < -0.4 is 4.72 Å². The van der Waals surface area contributed by atoms with E-state index in [1.807, 2.05) is 7.05 Å². The number of hydrogen-bond donors (Lipinski definition) is 1. The third-order valence-electron chi connectivity index (χ3n) is 2.54. The Morgan fingerprint density at radius 2 is 2.38 bits per heavy atom. The fourth-order valence-corrected chi connectivity index (χ4v) is 5.39. The van der Waals surface area contributed by atoms with Crippen molar-refractivity contribution in [3.05, 3.63) is 15.9 Å². The molecule has 2 heterocycles. The summed E-state index contributed by atoms with van der Waals surface area (Å²) in [6.07, 6.45) is 0.874. The zero-order chi connectivity index (χ0) is 11.8. The second-order valence-electron chi connectivity index (χ2n) is 3.93. The first-order valence-corrected chi connectivity index (χ1v) is 8.08. The predicted molar refractivity (Wildman–Crippen MR) is 68.2 cm³/mol. The Bertz CT molecular complexity index is 472. The largest absolute Gasteiger partial charge is 0.305 e. The molecule has 0 spiro atoms. The van der Waals surface area contributed by atoms with Crippen LogP contribution in [0.3, 0.4) is 0 Å². The molecule has 2 rings (SSSR count). The smallest absolute Gasteiger partial charge is 0.251 e. The zero-order valence-corrected chi connectivity index (χ0v) is 12.0. The zero-order valence-electron chi connectivity index (χ0n) is 8.81. The Balaban J connectivity index is 2.12. The molecule has 4 nitrogen and oxygen atoms in total. The summed E-state index contributed by atoms with van der Waals surface area (Å²) in [5, 5.41) is 1.76. The van der Waals surface area contributed by atoms with Crippen molar-refractivity contribution in [2.45, 2.75) is 16.7 Å². The molecule has 0 bridgehead atoms. The van der Waals surface area contributed by atoms with Crippen molar-refractivity contribution in [3.63, 3.8) is 0 Å². The maximum absolute atomic E-state index is 12.0. The molecule has 1 aromatic heterocycles. The van der Waals surface area contributed by atoms with Crippen molar-refractivity contribution in [2.75, 3.05) is 20.1 Å². The van der Waals surface area contributed by atoms with Crippen LogP contribution in [-0.4, -0.2) is 39.5 Å². The van der Waals surface area contributed by atoms with Crippen molar-refractivity contribution in [3.8, 4) is 0 Å². The fraction of sp³-hybridized carbons (Fsp3) is 0.556. The third-order valence-corrected chi connectivity index (χ3v) is 6.73. The van der Waals surface area contributed by atoms with Gasteiger partial charge >= 0.3 is 0 Å². The summed E-state index contributed by atoms with van der Waals surface area (Å²) in [6, 6.07) is 1.78. The number of nitrogens with zero attached hydrogens (tertiary/aromatic N) is 1. The minimum atomic E-state index is -3.36. The molecule has 1 aliphatic heterocycles. The van der Waals surface area contributed by atoms with Crippen LogP contribution >= 0.6 is 27.3 Å². The molecule has 1 aromatic rings. The summed E-state index contributed by atoms with van der Waals surface area (Å²) >= 11 is 4.47. The van der Waals surface area contributed by atoms with E-state index in [0.29, 0.717) is 8.68 Å². The number of rotatable bonds is 3. The van der Waals surface area contributed by atoms with Crippen LogP contribution in [0.1, 0.15) is 6.42 Å². The average Bonchev–Trinajstić information content (AvgIpc) is 2.74. The van der Waals surface area contributed by atoms with E-state index < -0.39 is 10.0 Å². The molecule has 1 saturated heterocycles. The molecule has 0 aromatic carbocycles. The van der Waals surface area contributed by atoms with Gasteiger partial charge in [0.1, 0.15) is 4.21 Å². The van der Waals surface area contributed by atoms with Crippen LogP contribution in [0.2, 0.25) is 0 Å². The number of sulfonamides is 1. The van der Waals surface area contributed by atoms with Gasteiger partial charge in [-0.05, 0) is 47.4 Å². The summed E-state index contributed by atoms with van der Waals surface area (Å²) in [4.78, 5) is 2.12. The van der Waals surface area contributed by atoms with Crippen LogP contribution in [0.5, 0.6) is 0 Å². The third kappa shape index (κ3) is 2.65. The minimum Gasteiger partial charge on any atom is -0.305 e. The second-order valence-corrected chi connectivity index (χ2v) is 7.60. The average molecular weight is 325 g/mol. The highest BCUT2D eigenvalue weighted by Crippen LogP contribution is 2.27. The molecule has 0 radical (unpaired) electrons. The van der Waals surface area contributed by atoms with Crippen LogP contribution in [0.15, 0.2) is 20.1 Å². The Labute approximate surface area is 108 Å². The number of halogens is 1. The summed E-state index contributed by atoms with van der Waals surface area (Å²) in [5.41, 5.74) is 0. The lowest BCUT2D eigenvalue weighted by molar-refractivity contribution is 0.407. The molecule has 0 amide bonds. The second kappa shape index (κ2) is 4.73. The maximum atomic E-state index is 12.0. The molecule has 16 heavy (non-hydrogen) atoms. The summed E-state index contributed by atoms with van der Waals surface area (Å²) < 4.78 is 27.8. The fourth-order valence-electron chi connectivity index (χ4n) is 1.78. The van der Waals surface area contributed by atoms with E-state index in [1.165, 1.54) is 11.3 Å². The van der Waals surface area contributed by atoms with E-state index >= 15 is 0 Å². The van der Waals surface area contributed by atoms with Crippen molar-refractivity contribution < 1.29 is 8.42 Å². The van der Waals surface area contributed by atoms with Crippen molar-refractivity contribution in [1.29, 1.82) is 0 Å². The molecule has 1 aliphatic rings. The minimum absolute atomic E-state index is 0.0315. The normalized spacial score (nSPS) is 22.8. The van der Waals surface area contributed by atoms with E-state index in [1.54, 1.807) is 11.4 Å². The van der Waals surface area contributed by atoms with Crippen LogP contribution in [0.25, 0.3) is 0 Å². The molecule has 1 N–H and O–H groups in total. The molecule has 7 heteroatoms. The summed E-state index contributed by atoms with van der Waals surface area (Å²) in [7, 11) is -1.36. The molecular weight excluding hydrogens is 312 g/mol. The number of likely N-dealkylation sites (tertiary alicyclic amines) is 1. The van der Waals surface area contributed by atoms with E-state index in [9.17, 15) is 8.42 Å². The summed E-state index contributed by atoms with van der Waals surface area (Å²) in [5.74, 6) is 0. The lowest BCUT2D eigenvalue weighted by atomic mass is 10.3. The van der Waals surface area contributed by atoms with Gasteiger partial charge in [-0.15, -0.1) is 11.3 Å². The molecule has 1 unspecified atom stereocenters. The van der Waals surface area contributed by atoms with Gasteiger partial charge in [0.15, 0.2) is 0 Å². The van der Waals surface area contributed by atoms with Crippen molar-refractivity contribution >= 4 is 37.3 Å². The van der Waals surface area contributed by atoms with Gasteiger partial charge in [0.25, 0.3) is 10.0 Å². The van der Waals surface area contributed by atoms with Crippen LogP contribution in [0, 0.1) is 0 Å². The monoisotopic (exact) mass is 324 g/mol. The standard InChI is InChI=1S/C9H13BrN2O2S2/c1-12-4-2-7(6-12)11-16(13,14)9-8(10)3-5-15-9/h3,5,7,11H,2,4,6H2,1H3. The van der Waals surface area contributed by atoms with E-state index in [4.69, 9.17) is 0 Å². The highest BCUT2D eigenvalue weighted by atomic mass is 79.9. The SMILES string of the molecule is CN1CCC(NS(=O)(=O)c2sccc2Br)C1. The maximum Gasteiger partial charge on any atom is 0.251 e. The molecule has 0 aliphatic carbocycles. The number of thiophene rings is 1. The highest BCUT2D eigenvalue weighted by Gasteiger charge is 2.27. The predicted octanol–water partition coefficient (Wildman–Crippen LogP) is 1.49. The first-order valence-electron chi connectivity index (χ1n) is 4.93. The van der Waals surface area contributed by atoms with Gasteiger partial charge in [-0.1, -0.05) is 0 Å². The van der Waals surface area contributed by atoms with E-state index in [0.717, 1.165) is 19.5 Å². The van der Waals surface area contributed by atoms with Crippen LogP contribution in [0.4, 0.5) is 0 Å².